The minimum absolute atomic E-state index is 0.108. The molecule has 6 nitrogen and oxygen atoms in total. The summed E-state index contributed by atoms with van der Waals surface area (Å²) in [4.78, 5) is 24.1. The van der Waals surface area contributed by atoms with Gasteiger partial charge in [-0.2, -0.15) is 5.10 Å². The van der Waals surface area contributed by atoms with Gasteiger partial charge in [-0.25, -0.2) is 9.82 Å². The minimum Gasteiger partial charge on any atom is -0.489 e. The molecule has 0 saturated carbocycles. The van der Waals surface area contributed by atoms with Crippen LogP contribution in [0.25, 0.3) is 0 Å². The molecule has 0 aliphatic rings. The van der Waals surface area contributed by atoms with Crippen LogP contribution in [0.2, 0.25) is 5.02 Å². The second-order valence-electron chi connectivity index (χ2n) is 6.96. The van der Waals surface area contributed by atoms with Crippen LogP contribution in [0.4, 0.5) is 10.1 Å². The Morgan fingerprint density at radius 1 is 1.03 bits per heavy atom. The van der Waals surface area contributed by atoms with E-state index in [0.717, 1.165) is 5.56 Å². The first-order valence-corrected chi connectivity index (χ1v) is 10.1. The highest BCUT2D eigenvalue weighted by Crippen LogP contribution is 2.20. The van der Waals surface area contributed by atoms with Crippen molar-refractivity contribution in [2.75, 3.05) is 5.32 Å². The second kappa shape index (κ2) is 10.5. The zero-order chi connectivity index (χ0) is 23.1. The standard InChI is InChI=1S/C24H21ClFN3O3/c1-15-7-10-19(13-21(15)25)27-23(30)24(31)29-28-16(2)17-8-11-20(12-9-17)32-14-18-5-3-4-6-22(18)26/h3-13H,14H2,1-2H3,(H,27,30)(H,29,31)/b28-16+. The number of rotatable bonds is 6. The summed E-state index contributed by atoms with van der Waals surface area (Å²) in [5, 5.41) is 6.91. The highest BCUT2D eigenvalue weighted by atomic mass is 35.5. The number of hydrogen-bond acceptors (Lipinski definition) is 4. The molecule has 0 unspecified atom stereocenters. The molecule has 0 aromatic heterocycles. The number of halogens is 2. The van der Waals surface area contributed by atoms with Gasteiger partial charge in [-0.05, 0) is 67.4 Å². The summed E-state index contributed by atoms with van der Waals surface area (Å²) in [7, 11) is 0. The topological polar surface area (TPSA) is 79.8 Å². The van der Waals surface area contributed by atoms with E-state index >= 15 is 0 Å². The highest BCUT2D eigenvalue weighted by Gasteiger charge is 2.14. The molecule has 2 amide bonds. The van der Waals surface area contributed by atoms with Crippen molar-refractivity contribution in [1.82, 2.24) is 5.43 Å². The minimum atomic E-state index is -0.911. The summed E-state index contributed by atoms with van der Waals surface area (Å²) >= 11 is 6.02. The number of nitrogens with one attached hydrogen (secondary N) is 2. The molecule has 0 spiro atoms. The zero-order valence-corrected chi connectivity index (χ0v) is 18.2. The number of carbonyl (C=O) groups is 2. The van der Waals surface area contributed by atoms with Crippen LogP contribution in [0.15, 0.2) is 71.8 Å². The van der Waals surface area contributed by atoms with Crippen molar-refractivity contribution in [2.45, 2.75) is 20.5 Å². The van der Waals surface area contributed by atoms with Crippen molar-refractivity contribution in [3.8, 4) is 5.75 Å². The molecular formula is C24H21ClFN3O3. The SMILES string of the molecule is C/C(=N\NC(=O)C(=O)Nc1ccc(C)c(Cl)c1)c1ccc(OCc2ccccc2F)cc1. The smallest absolute Gasteiger partial charge is 0.329 e. The summed E-state index contributed by atoms with van der Waals surface area (Å²) in [6.45, 7) is 3.63. The van der Waals surface area contributed by atoms with Gasteiger partial charge in [-0.3, -0.25) is 9.59 Å². The molecule has 2 N–H and O–H groups in total. The highest BCUT2D eigenvalue weighted by molar-refractivity contribution is 6.40. The Balaban J connectivity index is 1.54. The number of amides is 2. The number of nitrogens with zero attached hydrogens (tertiary/aromatic N) is 1. The van der Waals surface area contributed by atoms with Crippen LogP contribution in [0.1, 0.15) is 23.6 Å². The molecule has 0 atom stereocenters. The molecule has 0 bridgehead atoms. The number of hydrogen-bond donors (Lipinski definition) is 2. The molecule has 0 fully saturated rings. The van der Waals surface area contributed by atoms with Crippen LogP contribution in [-0.2, 0) is 16.2 Å². The maximum atomic E-state index is 13.7. The van der Waals surface area contributed by atoms with Gasteiger partial charge in [0.25, 0.3) is 0 Å². The van der Waals surface area contributed by atoms with Crippen molar-refractivity contribution < 1.29 is 18.7 Å². The van der Waals surface area contributed by atoms with E-state index in [2.05, 4.69) is 15.8 Å². The quantitative estimate of drug-likeness (QED) is 0.318. The fourth-order valence-corrected chi connectivity index (χ4v) is 2.86. The lowest BCUT2D eigenvalue weighted by molar-refractivity contribution is -0.136. The molecule has 0 heterocycles. The first kappa shape index (κ1) is 23.0. The number of ether oxygens (including phenoxy) is 1. The van der Waals surface area contributed by atoms with E-state index in [4.69, 9.17) is 16.3 Å². The summed E-state index contributed by atoms with van der Waals surface area (Å²) in [6.07, 6.45) is 0. The Morgan fingerprint density at radius 3 is 2.44 bits per heavy atom. The molecule has 164 valence electrons. The van der Waals surface area contributed by atoms with Gasteiger partial charge in [0.2, 0.25) is 0 Å². The van der Waals surface area contributed by atoms with Crippen molar-refractivity contribution in [2.24, 2.45) is 5.10 Å². The number of aryl methyl sites for hydroxylation is 1. The Kier molecular flexibility index (Phi) is 7.57. The Bertz CT molecular complexity index is 1160. The van der Waals surface area contributed by atoms with Crippen molar-refractivity contribution in [3.63, 3.8) is 0 Å². The summed E-state index contributed by atoms with van der Waals surface area (Å²) in [5.41, 5.74) is 5.16. The van der Waals surface area contributed by atoms with Crippen LogP contribution in [-0.4, -0.2) is 17.5 Å². The summed E-state index contributed by atoms with van der Waals surface area (Å²) < 4.78 is 19.3. The third-order valence-corrected chi connectivity index (χ3v) is 4.99. The largest absolute Gasteiger partial charge is 0.489 e. The van der Waals surface area contributed by atoms with Gasteiger partial charge in [0, 0.05) is 16.3 Å². The van der Waals surface area contributed by atoms with Gasteiger partial charge >= 0.3 is 11.8 Å². The molecule has 32 heavy (non-hydrogen) atoms. The lowest BCUT2D eigenvalue weighted by atomic mass is 10.1. The fourth-order valence-electron chi connectivity index (χ4n) is 2.68. The van der Waals surface area contributed by atoms with Gasteiger partial charge in [0.05, 0.1) is 5.71 Å². The van der Waals surface area contributed by atoms with Gasteiger partial charge in [-0.1, -0.05) is 35.9 Å². The molecule has 0 radical (unpaired) electrons. The summed E-state index contributed by atoms with van der Waals surface area (Å²) in [6, 6.07) is 18.3. The lowest BCUT2D eigenvalue weighted by Crippen LogP contribution is -2.32. The first-order chi connectivity index (χ1) is 15.3. The predicted molar refractivity (Wildman–Crippen MR) is 122 cm³/mol. The number of hydrazone groups is 1. The average Bonchev–Trinajstić information content (AvgIpc) is 2.79. The average molecular weight is 454 g/mol. The number of anilines is 1. The second-order valence-corrected chi connectivity index (χ2v) is 7.37. The first-order valence-electron chi connectivity index (χ1n) is 9.72. The molecule has 0 saturated heterocycles. The maximum absolute atomic E-state index is 13.7. The fraction of sp³-hybridized carbons (Fsp3) is 0.125. The predicted octanol–water partition coefficient (Wildman–Crippen LogP) is 4.85. The van der Waals surface area contributed by atoms with E-state index in [1.54, 1.807) is 67.6 Å². The van der Waals surface area contributed by atoms with Crippen LogP contribution < -0.4 is 15.5 Å². The molecule has 8 heteroatoms. The van der Waals surface area contributed by atoms with Crippen molar-refractivity contribution in [1.29, 1.82) is 0 Å². The normalized spacial score (nSPS) is 11.1. The monoisotopic (exact) mass is 453 g/mol. The maximum Gasteiger partial charge on any atom is 0.329 e. The van der Waals surface area contributed by atoms with Gasteiger partial charge < -0.3 is 10.1 Å². The van der Waals surface area contributed by atoms with Crippen molar-refractivity contribution >= 4 is 34.8 Å². The molecule has 3 rings (SSSR count). The van der Waals surface area contributed by atoms with Crippen molar-refractivity contribution in [3.05, 3.63) is 94.3 Å². The summed E-state index contributed by atoms with van der Waals surface area (Å²) in [5.74, 6) is -1.54. The van der Waals surface area contributed by atoms with Crippen LogP contribution in [0.3, 0.4) is 0 Å². The Morgan fingerprint density at radius 2 is 1.75 bits per heavy atom. The lowest BCUT2D eigenvalue weighted by Gasteiger charge is -2.08. The Hall–Kier alpha value is -3.71. The van der Waals surface area contributed by atoms with E-state index in [0.29, 0.717) is 33.3 Å². The number of benzene rings is 3. The number of carbonyl (C=O) groups excluding carboxylic acids is 2. The van der Waals surface area contributed by atoms with E-state index in [-0.39, 0.29) is 12.4 Å². The van der Waals surface area contributed by atoms with E-state index in [9.17, 15) is 14.0 Å². The van der Waals surface area contributed by atoms with Crippen LogP contribution in [0, 0.1) is 12.7 Å². The molecule has 3 aromatic carbocycles. The van der Waals surface area contributed by atoms with Crippen LogP contribution in [0.5, 0.6) is 5.75 Å². The zero-order valence-electron chi connectivity index (χ0n) is 17.5. The third-order valence-electron chi connectivity index (χ3n) is 4.59. The Labute approximate surface area is 190 Å². The van der Waals surface area contributed by atoms with Crippen LogP contribution >= 0.6 is 11.6 Å². The third kappa shape index (κ3) is 6.15. The molecule has 0 aliphatic heterocycles. The van der Waals surface area contributed by atoms with Gasteiger partial charge in [0.1, 0.15) is 18.2 Å². The molecular weight excluding hydrogens is 433 g/mol. The van der Waals surface area contributed by atoms with E-state index < -0.39 is 11.8 Å². The van der Waals surface area contributed by atoms with E-state index in [1.165, 1.54) is 6.07 Å². The molecule has 3 aromatic rings. The molecule has 0 aliphatic carbocycles. The van der Waals surface area contributed by atoms with E-state index in [1.807, 2.05) is 6.92 Å². The van der Waals surface area contributed by atoms with Gasteiger partial charge in [-0.15, -0.1) is 0 Å². The van der Waals surface area contributed by atoms with Gasteiger partial charge in [0.15, 0.2) is 0 Å².